The first kappa shape index (κ1) is 14.5. The molecule has 5 aliphatic rings. The van der Waals surface area contributed by atoms with Crippen molar-refractivity contribution in [2.24, 2.45) is 35.3 Å². The van der Waals surface area contributed by atoms with Crippen LogP contribution in [0.4, 0.5) is 0 Å². The number of nitrogens with two attached hydrogens (primary N) is 1. The highest BCUT2D eigenvalue weighted by atomic mass is 16.5. The van der Waals surface area contributed by atoms with Crippen molar-refractivity contribution < 1.29 is 4.74 Å². The molecule has 0 atom stereocenters. The van der Waals surface area contributed by atoms with Crippen LogP contribution in [-0.4, -0.2) is 43.8 Å². The first-order valence-corrected chi connectivity index (χ1v) is 9.20. The Hall–Kier alpha value is -0.120. The molecule has 0 aromatic rings. The van der Waals surface area contributed by atoms with Crippen LogP contribution in [0.25, 0.3) is 0 Å². The lowest BCUT2D eigenvalue weighted by atomic mass is 9.48. The van der Waals surface area contributed by atoms with Crippen molar-refractivity contribution in [3.05, 3.63) is 0 Å². The van der Waals surface area contributed by atoms with Crippen LogP contribution in [0.1, 0.15) is 44.9 Å². The quantitative estimate of drug-likeness (QED) is 0.865. The lowest BCUT2D eigenvalue weighted by Gasteiger charge is -2.65. The maximum Gasteiger partial charge on any atom is 0.0491 e. The molecule has 3 heteroatoms. The van der Waals surface area contributed by atoms with Gasteiger partial charge in [-0.15, -0.1) is 0 Å². The number of nitrogens with zero attached hydrogens (tertiary/aromatic N) is 1. The minimum absolute atomic E-state index is 0.367. The van der Waals surface area contributed by atoms with Crippen molar-refractivity contribution >= 4 is 0 Å². The van der Waals surface area contributed by atoms with E-state index in [2.05, 4.69) is 4.90 Å². The molecule has 0 aromatic heterocycles. The summed E-state index contributed by atoms with van der Waals surface area (Å²) in [6.45, 7) is 4.36. The number of piperidine rings is 1. The predicted molar refractivity (Wildman–Crippen MR) is 85.0 cm³/mol. The van der Waals surface area contributed by atoms with Gasteiger partial charge < -0.3 is 10.5 Å². The van der Waals surface area contributed by atoms with Gasteiger partial charge in [0.2, 0.25) is 0 Å². The van der Waals surface area contributed by atoms with Crippen molar-refractivity contribution in [3.63, 3.8) is 0 Å². The van der Waals surface area contributed by atoms with Crippen LogP contribution in [0, 0.1) is 29.6 Å². The summed E-state index contributed by atoms with van der Waals surface area (Å²) in [5.74, 6) is 4.66. The molecule has 2 N–H and O–H groups in total. The van der Waals surface area contributed by atoms with Gasteiger partial charge in [-0.3, -0.25) is 4.90 Å². The molecule has 0 radical (unpaired) electrons. The highest BCUT2D eigenvalue weighted by molar-refractivity contribution is 5.13. The topological polar surface area (TPSA) is 38.5 Å². The Morgan fingerprint density at radius 2 is 1.57 bits per heavy atom. The molecule has 0 aromatic carbocycles. The number of methoxy groups -OCH3 is 1. The van der Waals surface area contributed by atoms with Gasteiger partial charge in [0, 0.05) is 25.8 Å². The Balaban J connectivity index is 1.52. The lowest BCUT2D eigenvalue weighted by Crippen LogP contribution is -2.70. The van der Waals surface area contributed by atoms with Gasteiger partial charge in [0.05, 0.1) is 0 Å². The Morgan fingerprint density at radius 1 is 1.00 bits per heavy atom. The molecule has 3 nitrogen and oxygen atoms in total. The van der Waals surface area contributed by atoms with Crippen molar-refractivity contribution in [3.8, 4) is 0 Å². The minimum atomic E-state index is 0.367. The van der Waals surface area contributed by atoms with Crippen LogP contribution in [0.2, 0.25) is 0 Å². The molecule has 5 rings (SSSR count). The summed E-state index contributed by atoms with van der Waals surface area (Å²) in [5, 5.41) is 0. The predicted octanol–water partition coefficient (Wildman–Crippen LogP) is 2.50. The molecule has 0 spiro atoms. The average Bonchev–Trinajstić information content (AvgIpc) is 2.49. The van der Waals surface area contributed by atoms with E-state index >= 15 is 0 Å². The Morgan fingerprint density at radius 3 is 2.05 bits per heavy atom. The van der Waals surface area contributed by atoms with E-state index in [1.807, 2.05) is 7.11 Å². The summed E-state index contributed by atoms with van der Waals surface area (Å²) in [7, 11) is 1.84. The van der Waals surface area contributed by atoms with Gasteiger partial charge >= 0.3 is 0 Å². The van der Waals surface area contributed by atoms with Crippen LogP contribution in [0.15, 0.2) is 0 Å². The monoisotopic (exact) mass is 292 g/mol. The van der Waals surface area contributed by atoms with Crippen LogP contribution >= 0.6 is 0 Å². The van der Waals surface area contributed by atoms with Gasteiger partial charge in [-0.1, -0.05) is 0 Å². The van der Waals surface area contributed by atoms with Crippen molar-refractivity contribution in [2.75, 3.05) is 33.4 Å². The SMILES string of the molecule is COCC1CCN(C2(CN)C3CC4CC(C3)CC2C4)CC1. The van der Waals surface area contributed by atoms with Gasteiger partial charge in [-0.2, -0.15) is 0 Å². The van der Waals surface area contributed by atoms with Gasteiger partial charge in [0.25, 0.3) is 0 Å². The molecule has 4 aliphatic carbocycles. The zero-order valence-corrected chi connectivity index (χ0v) is 13.6. The number of hydrogen-bond acceptors (Lipinski definition) is 3. The van der Waals surface area contributed by atoms with E-state index in [0.29, 0.717) is 5.54 Å². The lowest BCUT2D eigenvalue weighted by molar-refractivity contribution is -0.140. The highest BCUT2D eigenvalue weighted by Gasteiger charge is 2.58. The first-order chi connectivity index (χ1) is 10.3. The van der Waals surface area contributed by atoms with Crippen LogP contribution in [-0.2, 0) is 4.74 Å². The van der Waals surface area contributed by atoms with Crippen molar-refractivity contribution in [1.82, 2.24) is 4.90 Å². The Labute approximate surface area is 129 Å². The van der Waals surface area contributed by atoms with E-state index in [-0.39, 0.29) is 0 Å². The molecule has 1 heterocycles. The van der Waals surface area contributed by atoms with E-state index in [4.69, 9.17) is 10.5 Å². The molecule has 0 amide bonds. The molecule has 4 bridgehead atoms. The van der Waals surface area contributed by atoms with Gasteiger partial charge in [0.15, 0.2) is 0 Å². The molecule has 5 fully saturated rings. The van der Waals surface area contributed by atoms with E-state index < -0.39 is 0 Å². The number of rotatable bonds is 4. The van der Waals surface area contributed by atoms with Crippen LogP contribution in [0.3, 0.4) is 0 Å². The Bertz CT molecular complexity index is 347. The molecule has 0 unspecified atom stereocenters. The van der Waals surface area contributed by atoms with Crippen LogP contribution in [0.5, 0.6) is 0 Å². The van der Waals surface area contributed by atoms with E-state index in [1.54, 1.807) is 0 Å². The minimum Gasteiger partial charge on any atom is -0.384 e. The largest absolute Gasteiger partial charge is 0.384 e. The fourth-order valence-electron chi connectivity index (χ4n) is 6.73. The third-order valence-electron chi connectivity index (χ3n) is 7.48. The third-order valence-corrected chi connectivity index (χ3v) is 7.48. The number of likely N-dealkylation sites (tertiary alicyclic amines) is 1. The van der Waals surface area contributed by atoms with Gasteiger partial charge in [-0.25, -0.2) is 0 Å². The maximum atomic E-state index is 6.45. The van der Waals surface area contributed by atoms with Crippen LogP contribution < -0.4 is 5.73 Å². The summed E-state index contributed by atoms with van der Waals surface area (Å²) in [4.78, 5) is 2.84. The van der Waals surface area contributed by atoms with E-state index in [1.165, 1.54) is 58.0 Å². The smallest absolute Gasteiger partial charge is 0.0491 e. The fourth-order valence-corrected chi connectivity index (χ4v) is 6.73. The van der Waals surface area contributed by atoms with Crippen molar-refractivity contribution in [1.29, 1.82) is 0 Å². The van der Waals surface area contributed by atoms with Gasteiger partial charge in [-0.05, 0) is 87.6 Å². The molecular weight excluding hydrogens is 260 g/mol. The van der Waals surface area contributed by atoms with Gasteiger partial charge in [0.1, 0.15) is 0 Å². The molecule has 120 valence electrons. The zero-order valence-electron chi connectivity index (χ0n) is 13.6. The average molecular weight is 292 g/mol. The fraction of sp³-hybridized carbons (Fsp3) is 1.00. The summed E-state index contributed by atoms with van der Waals surface area (Å²) in [5.41, 5.74) is 6.81. The second-order valence-corrected chi connectivity index (χ2v) is 8.39. The molecule has 1 saturated heterocycles. The summed E-state index contributed by atoms with van der Waals surface area (Å²) in [6.07, 6.45) is 10.0. The maximum absolute atomic E-state index is 6.45. The summed E-state index contributed by atoms with van der Waals surface area (Å²) in [6, 6.07) is 0. The molecule has 1 aliphatic heterocycles. The number of hydrogen-bond donors (Lipinski definition) is 1. The second kappa shape index (κ2) is 5.50. The molecule has 21 heavy (non-hydrogen) atoms. The summed E-state index contributed by atoms with van der Waals surface area (Å²) >= 11 is 0. The zero-order chi connectivity index (χ0) is 14.4. The second-order valence-electron chi connectivity index (χ2n) is 8.39. The standard InChI is InChI=1S/C18H32N2O/c1-21-11-13-2-4-20(5-3-13)18(12-19)16-7-14-6-15(9-16)10-17(18)8-14/h13-17H,2-12,19H2,1H3. The molecular formula is C18H32N2O. The third kappa shape index (κ3) is 2.19. The first-order valence-electron chi connectivity index (χ1n) is 9.20. The molecule has 4 saturated carbocycles. The summed E-state index contributed by atoms with van der Waals surface area (Å²) < 4.78 is 5.36. The number of ether oxygens (including phenoxy) is 1. The van der Waals surface area contributed by atoms with E-state index in [0.717, 1.165) is 42.7 Å². The highest BCUT2D eigenvalue weighted by Crippen LogP contribution is 2.60. The Kier molecular flexibility index (Phi) is 3.79. The normalized spacial score (nSPS) is 47.1. The van der Waals surface area contributed by atoms with E-state index in [9.17, 15) is 0 Å². The van der Waals surface area contributed by atoms with Crippen molar-refractivity contribution in [2.45, 2.75) is 50.5 Å².